The molecule has 0 radical (unpaired) electrons. The Balaban J connectivity index is 1.52. The zero-order valence-corrected chi connectivity index (χ0v) is 16.3. The minimum absolute atomic E-state index is 0.285. The SMILES string of the molecule is Fc1cccc(-c2nccc3[nH]c(-c4n[nH]c5ccc(-c6ccccn6)cc45)cc23)c1. The molecule has 2 N–H and O–H groups in total. The van der Waals surface area contributed by atoms with Crippen molar-refractivity contribution in [3.8, 4) is 33.9 Å². The quantitative estimate of drug-likeness (QED) is 0.381. The van der Waals surface area contributed by atoms with Gasteiger partial charge < -0.3 is 4.98 Å². The standard InChI is InChI=1S/C25H16FN5/c26-17-5-3-4-16(12-17)24-19-14-23(29-21(19)9-11-28-24)25-18-13-15(7-8-22(18)30-31-25)20-6-1-2-10-27-20/h1-14,29H,(H,30,31). The van der Waals surface area contributed by atoms with Gasteiger partial charge in [0.1, 0.15) is 11.5 Å². The van der Waals surface area contributed by atoms with Gasteiger partial charge >= 0.3 is 0 Å². The number of nitrogens with one attached hydrogen (secondary N) is 2. The maximum Gasteiger partial charge on any atom is 0.123 e. The second-order valence-corrected chi connectivity index (χ2v) is 7.36. The molecular weight excluding hydrogens is 389 g/mol. The molecule has 0 spiro atoms. The summed E-state index contributed by atoms with van der Waals surface area (Å²) < 4.78 is 13.8. The molecule has 6 aromatic rings. The fourth-order valence-electron chi connectivity index (χ4n) is 3.96. The Bertz CT molecular complexity index is 1550. The first-order valence-electron chi connectivity index (χ1n) is 9.90. The van der Waals surface area contributed by atoms with E-state index in [2.05, 4.69) is 31.2 Å². The third-order valence-corrected chi connectivity index (χ3v) is 5.42. The van der Waals surface area contributed by atoms with Crippen molar-refractivity contribution < 1.29 is 4.39 Å². The van der Waals surface area contributed by atoms with E-state index in [1.165, 1.54) is 12.1 Å². The molecule has 0 aliphatic heterocycles. The van der Waals surface area contributed by atoms with Crippen molar-refractivity contribution in [1.82, 2.24) is 25.1 Å². The highest BCUT2D eigenvalue weighted by Crippen LogP contribution is 2.34. The van der Waals surface area contributed by atoms with E-state index in [4.69, 9.17) is 0 Å². The summed E-state index contributed by atoms with van der Waals surface area (Å²) in [5.74, 6) is -0.285. The Morgan fingerprint density at radius 3 is 2.48 bits per heavy atom. The van der Waals surface area contributed by atoms with E-state index in [9.17, 15) is 4.39 Å². The number of aromatic amines is 2. The number of halogens is 1. The Hall–Kier alpha value is -4.32. The van der Waals surface area contributed by atoms with Crippen LogP contribution >= 0.6 is 0 Å². The van der Waals surface area contributed by atoms with Crippen molar-refractivity contribution in [1.29, 1.82) is 0 Å². The molecule has 0 unspecified atom stereocenters. The van der Waals surface area contributed by atoms with Crippen LogP contribution in [0.2, 0.25) is 0 Å². The molecule has 6 rings (SSSR count). The van der Waals surface area contributed by atoms with E-state index < -0.39 is 0 Å². The normalized spacial score (nSPS) is 11.4. The summed E-state index contributed by atoms with van der Waals surface area (Å²) in [5, 5.41) is 9.58. The molecule has 2 aromatic carbocycles. The number of aromatic nitrogens is 5. The van der Waals surface area contributed by atoms with Gasteiger partial charge in [0.2, 0.25) is 0 Å². The Morgan fingerprint density at radius 2 is 1.61 bits per heavy atom. The molecule has 4 heterocycles. The van der Waals surface area contributed by atoms with Crippen molar-refractivity contribution in [2.45, 2.75) is 0 Å². The van der Waals surface area contributed by atoms with Crippen LogP contribution in [0.15, 0.2) is 85.2 Å². The van der Waals surface area contributed by atoms with Crippen LogP contribution in [-0.2, 0) is 0 Å². The average Bonchev–Trinajstić information content (AvgIpc) is 3.43. The van der Waals surface area contributed by atoms with Crippen molar-refractivity contribution >= 4 is 21.8 Å². The number of benzene rings is 2. The smallest absolute Gasteiger partial charge is 0.123 e. The van der Waals surface area contributed by atoms with Gasteiger partial charge in [-0.2, -0.15) is 5.10 Å². The molecule has 0 saturated carbocycles. The monoisotopic (exact) mass is 405 g/mol. The second-order valence-electron chi connectivity index (χ2n) is 7.36. The number of H-pyrrole nitrogens is 2. The molecule has 4 aromatic heterocycles. The number of nitrogens with zero attached hydrogens (tertiary/aromatic N) is 3. The van der Waals surface area contributed by atoms with Crippen LogP contribution in [0.3, 0.4) is 0 Å². The Labute approximate surface area is 176 Å². The van der Waals surface area contributed by atoms with Gasteiger partial charge in [0.25, 0.3) is 0 Å². The van der Waals surface area contributed by atoms with Gasteiger partial charge in [0.05, 0.1) is 22.6 Å². The molecule has 0 aliphatic carbocycles. The highest BCUT2D eigenvalue weighted by atomic mass is 19.1. The highest BCUT2D eigenvalue weighted by Gasteiger charge is 2.15. The fraction of sp³-hybridized carbons (Fsp3) is 0. The average molecular weight is 405 g/mol. The maximum atomic E-state index is 13.8. The van der Waals surface area contributed by atoms with Gasteiger partial charge in [-0.05, 0) is 48.5 Å². The summed E-state index contributed by atoms with van der Waals surface area (Å²) in [6.45, 7) is 0. The van der Waals surface area contributed by atoms with E-state index in [1.54, 1.807) is 18.5 Å². The second kappa shape index (κ2) is 6.88. The van der Waals surface area contributed by atoms with E-state index in [1.807, 2.05) is 48.5 Å². The zero-order valence-electron chi connectivity index (χ0n) is 16.3. The number of pyridine rings is 2. The van der Waals surface area contributed by atoms with Crippen LogP contribution in [0, 0.1) is 5.82 Å². The number of fused-ring (bicyclic) bond motifs is 2. The summed E-state index contributed by atoms with van der Waals surface area (Å²) >= 11 is 0. The van der Waals surface area contributed by atoms with Gasteiger partial charge in [-0.15, -0.1) is 0 Å². The molecule has 0 fully saturated rings. The van der Waals surface area contributed by atoms with E-state index in [0.717, 1.165) is 55.7 Å². The summed E-state index contributed by atoms with van der Waals surface area (Å²) in [4.78, 5) is 12.4. The van der Waals surface area contributed by atoms with Crippen molar-refractivity contribution in [3.63, 3.8) is 0 Å². The summed E-state index contributed by atoms with van der Waals surface area (Å²) in [6, 6.07) is 22.4. The van der Waals surface area contributed by atoms with Crippen LogP contribution in [0.25, 0.3) is 55.7 Å². The summed E-state index contributed by atoms with van der Waals surface area (Å²) in [7, 11) is 0. The largest absolute Gasteiger partial charge is 0.353 e. The van der Waals surface area contributed by atoms with Crippen LogP contribution in [0.1, 0.15) is 0 Å². The van der Waals surface area contributed by atoms with Gasteiger partial charge in [0.15, 0.2) is 0 Å². The van der Waals surface area contributed by atoms with Crippen molar-refractivity contribution in [3.05, 3.63) is 91.0 Å². The molecule has 0 saturated heterocycles. The predicted octanol–water partition coefficient (Wildman–Crippen LogP) is 5.97. The first-order chi connectivity index (χ1) is 15.3. The molecule has 0 amide bonds. The van der Waals surface area contributed by atoms with Crippen LogP contribution in [0.4, 0.5) is 4.39 Å². The number of hydrogen-bond acceptors (Lipinski definition) is 3. The summed E-state index contributed by atoms with van der Waals surface area (Å²) in [6.07, 6.45) is 3.51. The lowest BCUT2D eigenvalue weighted by atomic mass is 10.1. The molecule has 148 valence electrons. The van der Waals surface area contributed by atoms with Gasteiger partial charge in [-0.25, -0.2) is 4.39 Å². The minimum Gasteiger partial charge on any atom is -0.353 e. The predicted molar refractivity (Wildman–Crippen MR) is 120 cm³/mol. The third kappa shape index (κ3) is 2.97. The molecule has 0 aliphatic rings. The van der Waals surface area contributed by atoms with Gasteiger partial charge in [-0.1, -0.05) is 24.3 Å². The van der Waals surface area contributed by atoms with Crippen molar-refractivity contribution in [2.24, 2.45) is 0 Å². The lowest BCUT2D eigenvalue weighted by Gasteiger charge is -2.02. The Morgan fingerprint density at radius 1 is 0.677 bits per heavy atom. The zero-order chi connectivity index (χ0) is 20.8. The summed E-state index contributed by atoms with van der Waals surface area (Å²) in [5.41, 5.74) is 6.94. The highest BCUT2D eigenvalue weighted by molar-refractivity contribution is 6.00. The lowest BCUT2D eigenvalue weighted by Crippen LogP contribution is -1.85. The van der Waals surface area contributed by atoms with Gasteiger partial charge in [0, 0.05) is 39.8 Å². The Kier molecular flexibility index (Phi) is 3.89. The van der Waals surface area contributed by atoms with Gasteiger partial charge in [-0.3, -0.25) is 15.1 Å². The molecular formula is C25H16FN5. The van der Waals surface area contributed by atoms with E-state index in [0.29, 0.717) is 0 Å². The molecule has 6 heteroatoms. The van der Waals surface area contributed by atoms with Crippen LogP contribution in [0.5, 0.6) is 0 Å². The van der Waals surface area contributed by atoms with E-state index in [-0.39, 0.29) is 5.82 Å². The minimum atomic E-state index is -0.285. The number of rotatable bonds is 3. The molecule has 5 nitrogen and oxygen atoms in total. The van der Waals surface area contributed by atoms with E-state index >= 15 is 0 Å². The first kappa shape index (κ1) is 17.5. The molecule has 31 heavy (non-hydrogen) atoms. The van der Waals surface area contributed by atoms with Crippen LogP contribution in [-0.4, -0.2) is 25.1 Å². The fourth-order valence-corrected chi connectivity index (χ4v) is 3.96. The molecule has 0 bridgehead atoms. The van der Waals surface area contributed by atoms with Crippen molar-refractivity contribution in [2.75, 3.05) is 0 Å². The lowest BCUT2D eigenvalue weighted by molar-refractivity contribution is 0.628. The third-order valence-electron chi connectivity index (χ3n) is 5.42. The molecule has 0 atom stereocenters. The first-order valence-corrected chi connectivity index (χ1v) is 9.90. The topological polar surface area (TPSA) is 70.2 Å². The van der Waals surface area contributed by atoms with Crippen LogP contribution < -0.4 is 0 Å². The maximum absolute atomic E-state index is 13.8. The number of hydrogen-bond donors (Lipinski definition) is 2.